The van der Waals surface area contributed by atoms with Crippen molar-refractivity contribution in [3.05, 3.63) is 29.8 Å². The fourth-order valence-corrected chi connectivity index (χ4v) is 2.25. The van der Waals surface area contributed by atoms with Crippen molar-refractivity contribution in [2.75, 3.05) is 5.32 Å². The second-order valence-corrected chi connectivity index (χ2v) is 4.41. The molecule has 2 rings (SSSR count). The molecule has 1 fully saturated rings. The zero-order valence-electron chi connectivity index (χ0n) is 9.26. The third-order valence-electron chi connectivity index (χ3n) is 3.11. The van der Waals surface area contributed by atoms with E-state index in [2.05, 4.69) is 5.32 Å². The molecule has 1 aliphatic carbocycles. The minimum absolute atomic E-state index is 0.0980. The summed E-state index contributed by atoms with van der Waals surface area (Å²) in [5.74, 6) is 0. The number of halogens is 2. The molecular formula is C13H17F2N. The van der Waals surface area contributed by atoms with Gasteiger partial charge in [-0.15, -0.1) is 0 Å². The molecule has 0 spiro atoms. The Labute approximate surface area is 94.9 Å². The van der Waals surface area contributed by atoms with E-state index < -0.39 is 6.43 Å². The lowest BCUT2D eigenvalue weighted by molar-refractivity contribution is 0.151. The van der Waals surface area contributed by atoms with E-state index in [1.54, 1.807) is 12.1 Å². The first kappa shape index (κ1) is 11.4. The predicted molar refractivity (Wildman–Crippen MR) is 61.9 cm³/mol. The van der Waals surface area contributed by atoms with E-state index in [1.807, 2.05) is 6.07 Å². The third kappa shape index (κ3) is 2.94. The molecule has 3 heteroatoms. The molecular weight excluding hydrogens is 208 g/mol. The molecule has 1 saturated carbocycles. The van der Waals surface area contributed by atoms with Crippen molar-refractivity contribution in [3.8, 4) is 0 Å². The Kier molecular flexibility index (Phi) is 3.75. The fraction of sp³-hybridized carbons (Fsp3) is 0.538. The van der Waals surface area contributed by atoms with Crippen LogP contribution in [0.25, 0.3) is 0 Å². The summed E-state index contributed by atoms with van der Waals surface area (Å²) < 4.78 is 25.0. The molecule has 0 amide bonds. The van der Waals surface area contributed by atoms with Gasteiger partial charge in [-0.2, -0.15) is 0 Å². The number of alkyl halides is 2. The molecule has 0 aliphatic heterocycles. The lowest BCUT2D eigenvalue weighted by Gasteiger charge is -2.24. The zero-order valence-corrected chi connectivity index (χ0v) is 9.26. The summed E-state index contributed by atoms with van der Waals surface area (Å²) in [5.41, 5.74) is 0.922. The highest BCUT2D eigenvalue weighted by atomic mass is 19.3. The molecule has 0 atom stereocenters. The van der Waals surface area contributed by atoms with Gasteiger partial charge in [0.1, 0.15) is 0 Å². The van der Waals surface area contributed by atoms with E-state index in [9.17, 15) is 8.78 Å². The maximum atomic E-state index is 12.5. The Morgan fingerprint density at radius 3 is 2.56 bits per heavy atom. The first-order chi connectivity index (χ1) is 7.75. The van der Waals surface area contributed by atoms with Gasteiger partial charge in [-0.25, -0.2) is 8.78 Å². The average Bonchev–Trinajstić information content (AvgIpc) is 2.30. The normalized spacial score (nSPS) is 17.7. The standard InChI is InChI=1S/C13H17F2N/c14-13(15)10-5-4-8-12(9-10)16-11-6-2-1-3-7-11/h4-5,8-9,11,13,16H,1-3,6-7H2. The summed E-state index contributed by atoms with van der Waals surface area (Å²) >= 11 is 0. The number of nitrogens with one attached hydrogen (secondary N) is 1. The molecule has 16 heavy (non-hydrogen) atoms. The minimum atomic E-state index is -2.38. The van der Waals surface area contributed by atoms with Crippen LogP contribution in [0.3, 0.4) is 0 Å². The second kappa shape index (κ2) is 5.28. The van der Waals surface area contributed by atoms with Gasteiger partial charge >= 0.3 is 0 Å². The van der Waals surface area contributed by atoms with Gasteiger partial charge < -0.3 is 5.32 Å². The summed E-state index contributed by atoms with van der Waals surface area (Å²) in [4.78, 5) is 0. The molecule has 0 unspecified atom stereocenters. The van der Waals surface area contributed by atoms with Crippen LogP contribution in [0.15, 0.2) is 24.3 Å². The molecule has 1 aliphatic rings. The number of benzene rings is 1. The quantitative estimate of drug-likeness (QED) is 0.805. The van der Waals surface area contributed by atoms with Gasteiger partial charge in [0.05, 0.1) is 0 Å². The fourth-order valence-electron chi connectivity index (χ4n) is 2.25. The Morgan fingerprint density at radius 1 is 1.12 bits per heavy atom. The first-order valence-electron chi connectivity index (χ1n) is 5.90. The second-order valence-electron chi connectivity index (χ2n) is 4.41. The Balaban J connectivity index is 2.00. The average molecular weight is 225 g/mol. The Bertz CT molecular complexity index is 332. The number of rotatable bonds is 3. The summed E-state index contributed by atoms with van der Waals surface area (Å²) in [6, 6.07) is 7.03. The van der Waals surface area contributed by atoms with E-state index in [4.69, 9.17) is 0 Å². The lowest BCUT2D eigenvalue weighted by atomic mass is 9.95. The number of hydrogen-bond donors (Lipinski definition) is 1. The van der Waals surface area contributed by atoms with E-state index in [0.717, 1.165) is 18.5 Å². The van der Waals surface area contributed by atoms with Crippen LogP contribution in [0, 0.1) is 0 Å². The molecule has 1 aromatic rings. The molecule has 88 valence electrons. The van der Waals surface area contributed by atoms with E-state index >= 15 is 0 Å². The van der Waals surface area contributed by atoms with E-state index in [1.165, 1.54) is 25.3 Å². The molecule has 1 nitrogen and oxygen atoms in total. The number of hydrogen-bond acceptors (Lipinski definition) is 1. The highest BCUT2D eigenvalue weighted by molar-refractivity contribution is 5.46. The summed E-state index contributed by atoms with van der Waals surface area (Å²) in [6.07, 6.45) is 3.71. The lowest BCUT2D eigenvalue weighted by Crippen LogP contribution is -2.22. The zero-order chi connectivity index (χ0) is 11.4. The van der Waals surface area contributed by atoms with Gasteiger partial charge in [0.15, 0.2) is 0 Å². The van der Waals surface area contributed by atoms with Gasteiger partial charge in [0.25, 0.3) is 6.43 Å². The first-order valence-corrected chi connectivity index (χ1v) is 5.90. The Morgan fingerprint density at radius 2 is 1.88 bits per heavy atom. The van der Waals surface area contributed by atoms with Crippen LogP contribution in [0.2, 0.25) is 0 Å². The maximum absolute atomic E-state index is 12.5. The molecule has 0 bridgehead atoms. The topological polar surface area (TPSA) is 12.0 Å². The SMILES string of the molecule is FC(F)c1cccc(NC2CCCCC2)c1. The van der Waals surface area contributed by atoms with Gasteiger partial charge in [0.2, 0.25) is 0 Å². The van der Waals surface area contributed by atoms with Crippen LogP contribution >= 0.6 is 0 Å². The molecule has 0 heterocycles. The van der Waals surface area contributed by atoms with Crippen molar-refractivity contribution in [2.45, 2.75) is 44.6 Å². The molecule has 0 aromatic heterocycles. The molecule has 1 aromatic carbocycles. The van der Waals surface area contributed by atoms with Crippen molar-refractivity contribution in [2.24, 2.45) is 0 Å². The van der Waals surface area contributed by atoms with Crippen LogP contribution in [-0.2, 0) is 0 Å². The van der Waals surface area contributed by atoms with Crippen LogP contribution in [0.4, 0.5) is 14.5 Å². The highest BCUT2D eigenvalue weighted by Crippen LogP contribution is 2.25. The van der Waals surface area contributed by atoms with Crippen molar-refractivity contribution in [1.29, 1.82) is 0 Å². The van der Waals surface area contributed by atoms with Crippen LogP contribution in [0.5, 0.6) is 0 Å². The number of anilines is 1. The van der Waals surface area contributed by atoms with Crippen molar-refractivity contribution in [3.63, 3.8) is 0 Å². The predicted octanol–water partition coefficient (Wildman–Crippen LogP) is 4.37. The third-order valence-corrected chi connectivity index (χ3v) is 3.11. The maximum Gasteiger partial charge on any atom is 0.263 e. The van der Waals surface area contributed by atoms with Gasteiger partial charge in [-0.1, -0.05) is 31.4 Å². The van der Waals surface area contributed by atoms with Gasteiger partial charge in [0, 0.05) is 17.3 Å². The van der Waals surface area contributed by atoms with Gasteiger partial charge in [-0.05, 0) is 25.0 Å². The molecule has 0 saturated heterocycles. The molecule has 0 radical (unpaired) electrons. The minimum Gasteiger partial charge on any atom is -0.382 e. The summed E-state index contributed by atoms with van der Waals surface area (Å²) in [5, 5.41) is 3.34. The van der Waals surface area contributed by atoms with Crippen molar-refractivity contribution in [1.82, 2.24) is 0 Å². The summed E-state index contributed by atoms with van der Waals surface area (Å²) in [7, 11) is 0. The van der Waals surface area contributed by atoms with Crippen LogP contribution in [-0.4, -0.2) is 6.04 Å². The van der Waals surface area contributed by atoms with Gasteiger partial charge in [-0.3, -0.25) is 0 Å². The monoisotopic (exact) mass is 225 g/mol. The van der Waals surface area contributed by atoms with E-state index in [0.29, 0.717) is 6.04 Å². The van der Waals surface area contributed by atoms with Crippen LogP contribution in [0.1, 0.15) is 44.1 Å². The Hall–Kier alpha value is -1.12. The van der Waals surface area contributed by atoms with Crippen molar-refractivity contribution < 1.29 is 8.78 Å². The highest BCUT2D eigenvalue weighted by Gasteiger charge is 2.13. The largest absolute Gasteiger partial charge is 0.382 e. The smallest absolute Gasteiger partial charge is 0.263 e. The van der Waals surface area contributed by atoms with Crippen molar-refractivity contribution >= 4 is 5.69 Å². The molecule has 1 N–H and O–H groups in total. The summed E-state index contributed by atoms with van der Waals surface area (Å²) in [6.45, 7) is 0. The van der Waals surface area contributed by atoms with Crippen LogP contribution < -0.4 is 5.32 Å². The van der Waals surface area contributed by atoms with E-state index in [-0.39, 0.29) is 5.56 Å².